The SMILES string of the molecule is C(CCCN1COOC2(OOC1)C1CC3CC(C1)CC2C3)CCCN1COOC2(OOC1)C1CC3CC(C1)CC2C3. The molecule has 0 aromatic rings. The molecular formula is C31H50N2O8. The van der Waals surface area contributed by atoms with Gasteiger partial charge in [0.05, 0.1) is 0 Å². The molecule has 2 aliphatic heterocycles. The molecule has 10 fully saturated rings. The zero-order chi connectivity index (χ0) is 27.3. The Kier molecular flexibility index (Phi) is 8.11. The lowest BCUT2D eigenvalue weighted by atomic mass is 9.53. The van der Waals surface area contributed by atoms with Gasteiger partial charge in [0.1, 0.15) is 26.9 Å². The second-order valence-corrected chi connectivity index (χ2v) is 14.9. The fraction of sp³-hybridized carbons (Fsp3) is 1.00. The van der Waals surface area contributed by atoms with Gasteiger partial charge in [0, 0.05) is 36.8 Å². The van der Waals surface area contributed by atoms with Gasteiger partial charge in [-0.3, -0.25) is 9.80 Å². The standard InChI is InChI=1S/C31H50N2O8/c1(2-4-6-32-18-34-38-30(39-35-19-32)26-10-22-8-23(12-26)13-27(30)11-22)3-5-7-33-20-36-40-31(41-37-21-33)28-14-24-9-25(16-28)17-29(31)15-24/h22-29H,1-21H2. The van der Waals surface area contributed by atoms with E-state index in [-0.39, 0.29) is 0 Å². The Morgan fingerprint density at radius 3 is 1.00 bits per heavy atom. The number of nitrogens with zero attached hydrogens (tertiary/aromatic N) is 2. The Labute approximate surface area is 244 Å². The molecule has 0 aromatic carbocycles. The van der Waals surface area contributed by atoms with Crippen molar-refractivity contribution in [1.82, 2.24) is 9.80 Å². The summed E-state index contributed by atoms with van der Waals surface area (Å²) in [4.78, 5) is 51.5. The maximum Gasteiger partial charge on any atom is 0.239 e. The average Bonchev–Trinajstić information content (AvgIpc) is 2.92. The highest BCUT2D eigenvalue weighted by Crippen LogP contribution is 2.61. The molecule has 0 atom stereocenters. The Bertz CT molecular complexity index is 755. The van der Waals surface area contributed by atoms with E-state index in [1.165, 1.54) is 83.5 Å². The number of hydrogen-bond donors (Lipinski definition) is 0. The predicted octanol–water partition coefficient (Wildman–Crippen LogP) is 5.50. The van der Waals surface area contributed by atoms with Crippen LogP contribution in [0, 0.1) is 47.3 Å². The van der Waals surface area contributed by atoms with Crippen molar-refractivity contribution >= 4 is 0 Å². The van der Waals surface area contributed by atoms with E-state index in [1.54, 1.807) is 0 Å². The van der Waals surface area contributed by atoms with Crippen molar-refractivity contribution in [2.24, 2.45) is 47.3 Å². The lowest BCUT2D eigenvalue weighted by Crippen LogP contribution is -2.61. The average molecular weight is 579 g/mol. The third kappa shape index (κ3) is 5.42. The third-order valence-corrected chi connectivity index (χ3v) is 12.2. The topological polar surface area (TPSA) is 80.3 Å². The quantitative estimate of drug-likeness (QED) is 0.272. The lowest BCUT2D eigenvalue weighted by molar-refractivity contribution is -0.572. The largest absolute Gasteiger partial charge is 0.252 e. The van der Waals surface area contributed by atoms with E-state index in [9.17, 15) is 0 Å². The van der Waals surface area contributed by atoms with Gasteiger partial charge in [-0.05, 0) is 101 Å². The maximum absolute atomic E-state index is 6.04. The summed E-state index contributed by atoms with van der Waals surface area (Å²) in [7, 11) is 0. The molecule has 0 N–H and O–H groups in total. The van der Waals surface area contributed by atoms with Gasteiger partial charge >= 0.3 is 0 Å². The van der Waals surface area contributed by atoms with E-state index < -0.39 is 11.6 Å². The first-order chi connectivity index (χ1) is 20.2. The zero-order valence-electron chi connectivity index (χ0n) is 24.6. The van der Waals surface area contributed by atoms with Gasteiger partial charge in [0.25, 0.3) is 0 Å². The maximum atomic E-state index is 6.04. The van der Waals surface area contributed by atoms with Crippen molar-refractivity contribution in [1.29, 1.82) is 0 Å². The highest BCUT2D eigenvalue weighted by atomic mass is 17.3. The molecular weight excluding hydrogens is 528 g/mol. The molecule has 8 aliphatic carbocycles. The summed E-state index contributed by atoms with van der Waals surface area (Å²) >= 11 is 0. The van der Waals surface area contributed by atoms with Gasteiger partial charge in [0.2, 0.25) is 11.6 Å². The van der Waals surface area contributed by atoms with Crippen molar-refractivity contribution in [3.63, 3.8) is 0 Å². The van der Waals surface area contributed by atoms with Crippen LogP contribution in [0.2, 0.25) is 0 Å². The van der Waals surface area contributed by atoms with Crippen molar-refractivity contribution in [2.75, 3.05) is 40.0 Å². The van der Waals surface area contributed by atoms with Crippen LogP contribution in [0.1, 0.15) is 96.3 Å². The molecule has 232 valence electrons. The number of unbranched alkanes of at least 4 members (excludes halogenated alkanes) is 4. The highest BCUT2D eigenvalue weighted by Gasteiger charge is 2.63. The molecule has 8 bridgehead atoms. The van der Waals surface area contributed by atoms with E-state index >= 15 is 0 Å². The molecule has 0 amide bonds. The summed E-state index contributed by atoms with van der Waals surface area (Å²) in [6.07, 6.45) is 18.0. The molecule has 2 saturated heterocycles. The van der Waals surface area contributed by atoms with Crippen LogP contribution in [0.5, 0.6) is 0 Å². The molecule has 8 saturated carbocycles. The summed E-state index contributed by atoms with van der Waals surface area (Å²) in [6, 6.07) is 0. The predicted molar refractivity (Wildman–Crippen MR) is 144 cm³/mol. The van der Waals surface area contributed by atoms with Gasteiger partial charge < -0.3 is 0 Å². The molecule has 10 rings (SSSR count). The molecule has 0 radical (unpaired) electrons. The van der Waals surface area contributed by atoms with Gasteiger partial charge in [0.15, 0.2) is 0 Å². The minimum atomic E-state index is -0.684. The Morgan fingerprint density at radius 1 is 0.390 bits per heavy atom. The van der Waals surface area contributed by atoms with Crippen LogP contribution in [0.15, 0.2) is 0 Å². The van der Waals surface area contributed by atoms with E-state index in [1.807, 2.05) is 0 Å². The molecule has 10 aliphatic rings. The summed E-state index contributed by atoms with van der Waals surface area (Å²) in [5.74, 6) is 3.62. The van der Waals surface area contributed by atoms with Crippen molar-refractivity contribution < 1.29 is 39.1 Å². The second-order valence-electron chi connectivity index (χ2n) is 14.9. The summed E-state index contributed by atoms with van der Waals surface area (Å²) in [5.41, 5.74) is 0. The van der Waals surface area contributed by atoms with E-state index in [0.29, 0.717) is 50.6 Å². The first-order valence-electron chi connectivity index (χ1n) is 16.9. The zero-order valence-corrected chi connectivity index (χ0v) is 24.6. The van der Waals surface area contributed by atoms with Crippen LogP contribution in [0.25, 0.3) is 0 Å². The molecule has 0 unspecified atom stereocenters. The minimum absolute atomic E-state index is 0.404. The van der Waals surface area contributed by atoms with Gasteiger partial charge in [-0.25, -0.2) is 19.6 Å². The van der Waals surface area contributed by atoms with Crippen LogP contribution >= 0.6 is 0 Å². The van der Waals surface area contributed by atoms with Gasteiger partial charge in [-0.15, -0.1) is 0 Å². The summed E-state index contributed by atoms with van der Waals surface area (Å²) in [6.45, 7) is 3.54. The van der Waals surface area contributed by atoms with Crippen LogP contribution in [-0.2, 0) is 39.1 Å². The fourth-order valence-corrected chi connectivity index (χ4v) is 10.6. The molecule has 2 spiro atoms. The number of rotatable bonds is 8. The Morgan fingerprint density at radius 2 is 0.683 bits per heavy atom. The van der Waals surface area contributed by atoms with E-state index in [4.69, 9.17) is 39.1 Å². The summed E-state index contributed by atoms with van der Waals surface area (Å²) < 4.78 is 0. The monoisotopic (exact) mass is 578 g/mol. The van der Waals surface area contributed by atoms with Crippen LogP contribution in [0.4, 0.5) is 0 Å². The second kappa shape index (κ2) is 11.8. The Hall–Kier alpha value is -0.400. The highest BCUT2D eigenvalue weighted by molar-refractivity contribution is 5.04. The molecule has 0 aromatic heterocycles. The van der Waals surface area contributed by atoms with Crippen molar-refractivity contribution in [3.8, 4) is 0 Å². The van der Waals surface area contributed by atoms with Crippen LogP contribution < -0.4 is 0 Å². The van der Waals surface area contributed by atoms with Crippen LogP contribution in [-0.4, -0.2) is 61.4 Å². The first kappa shape index (κ1) is 28.1. The molecule has 2 heterocycles. The molecule has 10 nitrogen and oxygen atoms in total. The fourth-order valence-electron chi connectivity index (χ4n) is 10.6. The van der Waals surface area contributed by atoms with Gasteiger partial charge in [-0.1, -0.05) is 19.3 Å². The normalized spacial score (nSPS) is 43.3. The minimum Gasteiger partial charge on any atom is -0.252 e. The Balaban J connectivity index is 0.697. The van der Waals surface area contributed by atoms with E-state index in [0.717, 1.165) is 49.6 Å². The third-order valence-electron chi connectivity index (χ3n) is 12.2. The van der Waals surface area contributed by atoms with Gasteiger partial charge in [-0.2, -0.15) is 19.6 Å². The molecule has 10 heteroatoms. The first-order valence-corrected chi connectivity index (χ1v) is 16.9. The van der Waals surface area contributed by atoms with Crippen LogP contribution in [0.3, 0.4) is 0 Å². The van der Waals surface area contributed by atoms with Crippen molar-refractivity contribution in [3.05, 3.63) is 0 Å². The van der Waals surface area contributed by atoms with E-state index in [2.05, 4.69) is 9.80 Å². The number of hydrogen-bond acceptors (Lipinski definition) is 10. The molecule has 41 heavy (non-hydrogen) atoms. The smallest absolute Gasteiger partial charge is 0.239 e. The summed E-state index contributed by atoms with van der Waals surface area (Å²) in [5, 5.41) is 0. The van der Waals surface area contributed by atoms with Crippen molar-refractivity contribution in [2.45, 2.75) is 108 Å². The lowest BCUT2D eigenvalue weighted by Gasteiger charge is -2.58.